The SMILES string of the molecule is COC(=O)c1c(CC(=O)N2CC[C@H](NC(=O)OC(C)(C)C)[C@H]2C)[nH]c(C(C)=O)c1C. The molecule has 1 fully saturated rings. The van der Waals surface area contributed by atoms with Crippen LogP contribution < -0.4 is 5.32 Å². The van der Waals surface area contributed by atoms with Crippen molar-refractivity contribution in [1.29, 1.82) is 0 Å². The van der Waals surface area contributed by atoms with Crippen LogP contribution in [0, 0.1) is 6.92 Å². The van der Waals surface area contributed by atoms with Crippen LogP contribution in [0.4, 0.5) is 4.79 Å². The minimum Gasteiger partial charge on any atom is -0.465 e. The molecule has 1 aromatic rings. The molecule has 0 aromatic carbocycles. The van der Waals surface area contributed by atoms with Gasteiger partial charge in [0.05, 0.1) is 30.8 Å². The van der Waals surface area contributed by atoms with E-state index in [0.717, 1.165) is 0 Å². The predicted octanol–water partition coefficient (Wildman–Crippen LogP) is 2.37. The Kier molecular flexibility index (Phi) is 6.95. The van der Waals surface area contributed by atoms with Crippen molar-refractivity contribution in [3.63, 3.8) is 0 Å². The Bertz CT molecular complexity index is 852. The molecule has 0 unspecified atom stereocenters. The van der Waals surface area contributed by atoms with Crippen molar-refractivity contribution >= 4 is 23.8 Å². The molecule has 2 heterocycles. The number of nitrogens with zero attached hydrogens (tertiary/aromatic N) is 1. The van der Waals surface area contributed by atoms with Gasteiger partial charge >= 0.3 is 12.1 Å². The lowest BCUT2D eigenvalue weighted by atomic mass is 10.1. The van der Waals surface area contributed by atoms with Crippen LogP contribution in [0.3, 0.4) is 0 Å². The molecule has 2 rings (SSSR count). The Labute approximate surface area is 176 Å². The zero-order valence-electron chi connectivity index (χ0n) is 18.7. The Balaban J connectivity index is 2.13. The van der Waals surface area contributed by atoms with Crippen molar-refractivity contribution in [2.75, 3.05) is 13.7 Å². The second kappa shape index (κ2) is 8.89. The molecule has 0 bridgehead atoms. The number of likely N-dealkylation sites (tertiary alicyclic amines) is 1. The molecule has 1 aliphatic rings. The lowest BCUT2D eigenvalue weighted by Gasteiger charge is -2.26. The fourth-order valence-corrected chi connectivity index (χ4v) is 3.72. The number of H-pyrrole nitrogens is 1. The molecule has 9 nitrogen and oxygen atoms in total. The molecule has 0 radical (unpaired) electrons. The van der Waals surface area contributed by atoms with E-state index in [4.69, 9.17) is 9.47 Å². The van der Waals surface area contributed by atoms with Crippen LogP contribution in [0.25, 0.3) is 0 Å². The van der Waals surface area contributed by atoms with Crippen molar-refractivity contribution < 1.29 is 28.7 Å². The first-order chi connectivity index (χ1) is 13.9. The molecule has 0 aliphatic carbocycles. The number of nitrogens with one attached hydrogen (secondary N) is 2. The smallest absolute Gasteiger partial charge is 0.407 e. The summed E-state index contributed by atoms with van der Waals surface area (Å²) in [7, 11) is 1.25. The van der Waals surface area contributed by atoms with Gasteiger partial charge < -0.3 is 24.7 Å². The standard InChI is InChI=1S/C21H31N3O6/c1-11-17(19(27)29-7)15(22-18(11)13(3)25)10-16(26)24-9-8-14(12(24)2)23-20(28)30-21(4,5)6/h12,14,22H,8-10H2,1-7H3,(H,23,28)/t12-,14+/m1/s1. The summed E-state index contributed by atoms with van der Waals surface area (Å²) in [4.78, 5) is 53.7. The maximum Gasteiger partial charge on any atom is 0.407 e. The van der Waals surface area contributed by atoms with Crippen molar-refractivity contribution in [1.82, 2.24) is 15.2 Å². The van der Waals surface area contributed by atoms with Gasteiger partial charge in [-0.15, -0.1) is 0 Å². The quantitative estimate of drug-likeness (QED) is 0.557. The Morgan fingerprint density at radius 2 is 1.87 bits per heavy atom. The molecule has 1 aromatic heterocycles. The summed E-state index contributed by atoms with van der Waals surface area (Å²) in [6.07, 6.45) is -0.00624. The van der Waals surface area contributed by atoms with Crippen LogP contribution in [-0.4, -0.2) is 65.0 Å². The van der Waals surface area contributed by atoms with Crippen LogP contribution in [0.5, 0.6) is 0 Å². The molecule has 2 N–H and O–H groups in total. The number of alkyl carbamates (subject to hydrolysis) is 1. The van der Waals surface area contributed by atoms with Gasteiger partial charge in [0.2, 0.25) is 5.91 Å². The number of aromatic amines is 1. The first kappa shape index (κ1) is 23.4. The number of hydrogen-bond donors (Lipinski definition) is 2. The van der Waals surface area contributed by atoms with Crippen LogP contribution in [0.15, 0.2) is 0 Å². The lowest BCUT2D eigenvalue weighted by Crippen LogP contribution is -2.46. The van der Waals surface area contributed by atoms with E-state index in [9.17, 15) is 19.2 Å². The Hall–Kier alpha value is -2.84. The van der Waals surface area contributed by atoms with E-state index >= 15 is 0 Å². The van der Waals surface area contributed by atoms with Gasteiger partial charge in [0.1, 0.15) is 5.60 Å². The molecule has 1 aliphatic heterocycles. The maximum atomic E-state index is 13.0. The van der Waals surface area contributed by atoms with Gasteiger partial charge in [-0.3, -0.25) is 9.59 Å². The van der Waals surface area contributed by atoms with E-state index in [0.29, 0.717) is 24.2 Å². The fourth-order valence-electron chi connectivity index (χ4n) is 3.72. The molecule has 30 heavy (non-hydrogen) atoms. The maximum absolute atomic E-state index is 13.0. The molecule has 1 saturated heterocycles. The third-order valence-corrected chi connectivity index (χ3v) is 5.17. The summed E-state index contributed by atoms with van der Waals surface area (Å²) in [6, 6.07) is -0.475. The highest BCUT2D eigenvalue weighted by Crippen LogP contribution is 2.24. The number of hydrogen-bond acceptors (Lipinski definition) is 6. The van der Waals surface area contributed by atoms with E-state index in [1.165, 1.54) is 14.0 Å². The molecular weight excluding hydrogens is 390 g/mol. The summed E-state index contributed by atoms with van der Waals surface area (Å²) in [6.45, 7) is 10.7. The summed E-state index contributed by atoms with van der Waals surface area (Å²) in [5, 5.41) is 2.82. The number of Topliss-reactive ketones (excluding diaryl/α,β-unsaturated/α-hetero) is 1. The van der Waals surface area contributed by atoms with Gasteiger partial charge in [-0.1, -0.05) is 0 Å². The first-order valence-electron chi connectivity index (χ1n) is 9.95. The zero-order valence-corrected chi connectivity index (χ0v) is 18.7. The molecule has 166 valence electrons. The van der Waals surface area contributed by atoms with Crippen molar-refractivity contribution in [3.05, 3.63) is 22.5 Å². The molecule has 9 heteroatoms. The van der Waals surface area contributed by atoms with Crippen LogP contribution in [-0.2, 0) is 20.7 Å². The lowest BCUT2D eigenvalue weighted by molar-refractivity contribution is -0.131. The number of aromatic nitrogens is 1. The van der Waals surface area contributed by atoms with E-state index < -0.39 is 17.7 Å². The number of methoxy groups -OCH3 is 1. The van der Waals surface area contributed by atoms with Crippen LogP contribution in [0.2, 0.25) is 0 Å². The molecule has 2 amide bonds. The number of carbonyl (C=O) groups is 4. The topological polar surface area (TPSA) is 118 Å². The van der Waals surface area contributed by atoms with Gasteiger partial charge in [-0.25, -0.2) is 9.59 Å². The zero-order chi connectivity index (χ0) is 22.8. The summed E-state index contributed by atoms with van der Waals surface area (Å²) in [5.41, 5.74) is 0.718. The van der Waals surface area contributed by atoms with Crippen LogP contribution >= 0.6 is 0 Å². The van der Waals surface area contributed by atoms with Gasteiger partial charge in [0, 0.05) is 25.2 Å². The number of ether oxygens (including phenoxy) is 2. The normalized spacial score (nSPS) is 18.8. The molecular formula is C21H31N3O6. The monoisotopic (exact) mass is 421 g/mol. The Morgan fingerprint density at radius 1 is 1.23 bits per heavy atom. The highest BCUT2D eigenvalue weighted by Gasteiger charge is 2.36. The second-order valence-corrected chi connectivity index (χ2v) is 8.57. The fraction of sp³-hybridized carbons (Fsp3) is 0.619. The van der Waals surface area contributed by atoms with Gasteiger partial charge in [0.15, 0.2) is 5.78 Å². The van der Waals surface area contributed by atoms with Crippen molar-refractivity contribution in [2.45, 2.75) is 72.1 Å². The third-order valence-electron chi connectivity index (χ3n) is 5.17. The van der Waals surface area contributed by atoms with Crippen molar-refractivity contribution in [2.24, 2.45) is 0 Å². The third kappa shape index (κ3) is 5.20. The minimum atomic E-state index is -0.606. The van der Waals surface area contributed by atoms with E-state index in [-0.39, 0.29) is 41.5 Å². The van der Waals surface area contributed by atoms with Gasteiger partial charge in [-0.2, -0.15) is 0 Å². The van der Waals surface area contributed by atoms with E-state index in [1.54, 1.807) is 32.6 Å². The molecule has 0 spiro atoms. The van der Waals surface area contributed by atoms with E-state index in [2.05, 4.69) is 10.3 Å². The highest BCUT2D eigenvalue weighted by molar-refractivity contribution is 6.01. The number of esters is 1. The number of rotatable bonds is 5. The van der Waals surface area contributed by atoms with Gasteiger partial charge in [0.25, 0.3) is 0 Å². The minimum absolute atomic E-state index is 0.0813. The first-order valence-corrected chi connectivity index (χ1v) is 9.95. The number of ketones is 1. The molecule has 0 saturated carbocycles. The Morgan fingerprint density at radius 3 is 2.40 bits per heavy atom. The average molecular weight is 421 g/mol. The molecule has 2 atom stereocenters. The van der Waals surface area contributed by atoms with Crippen molar-refractivity contribution in [3.8, 4) is 0 Å². The second-order valence-electron chi connectivity index (χ2n) is 8.57. The van der Waals surface area contributed by atoms with E-state index in [1.807, 2.05) is 6.92 Å². The highest BCUT2D eigenvalue weighted by atomic mass is 16.6. The summed E-state index contributed by atoms with van der Waals surface area (Å²) >= 11 is 0. The number of amides is 2. The van der Waals surface area contributed by atoms with Gasteiger partial charge in [-0.05, 0) is 46.6 Å². The largest absolute Gasteiger partial charge is 0.465 e. The predicted molar refractivity (Wildman–Crippen MR) is 110 cm³/mol. The summed E-state index contributed by atoms with van der Waals surface area (Å²) in [5.74, 6) is -1.04. The van der Waals surface area contributed by atoms with Crippen LogP contribution in [0.1, 0.15) is 73.1 Å². The summed E-state index contributed by atoms with van der Waals surface area (Å²) < 4.78 is 10.1. The number of carbonyl (C=O) groups excluding carboxylic acids is 4. The average Bonchev–Trinajstić information content (AvgIpc) is 3.13.